The van der Waals surface area contributed by atoms with Crippen molar-refractivity contribution in [1.29, 1.82) is 0 Å². The van der Waals surface area contributed by atoms with Gasteiger partial charge in [-0.05, 0) is 36.6 Å². The van der Waals surface area contributed by atoms with E-state index in [2.05, 4.69) is 5.10 Å². The van der Waals surface area contributed by atoms with Gasteiger partial charge in [-0.1, -0.05) is 18.5 Å². The largest absolute Gasteiger partial charge is 0.324 e. The molecule has 1 atom stereocenters. The van der Waals surface area contributed by atoms with Gasteiger partial charge in [0.25, 0.3) is 0 Å². The fourth-order valence-electron chi connectivity index (χ4n) is 2.18. The summed E-state index contributed by atoms with van der Waals surface area (Å²) < 4.78 is 15.0. The molecule has 5 heteroatoms. The predicted molar refractivity (Wildman–Crippen MR) is 74.6 cm³/mol. The number of aryl methyl sites for hydroxylation is 2. The lowest BCUT2D eigenvalue weighted by Gasteiger charge is -2.12. The van der Waals surface area contributed by atoms with Crippen LogP contribution in [-0.2, 0) is 19.9 Å². The third kappa shape index (κ3) is 3.14. The molecule has 2 aromatic rings. The van der Waals surface area contributed by atoms with Crippen LogP contribution in [0.25, 0.3) is 0 Å². The van der Waals surface area contributed by atoms with Gasteiger partial charge in [0, 0.05) is 29.9 Å². The highest BCUT2D eigenvalue weighted by molar-refractivity contribution is 6.31. The highest BCUT2D eigenvalue weighted by atomic mass is 35.5. The first-order valence-corrected chi connectivity index (χ1v) is 6.61. The summed E-state index contributed by atoms with van der Waals surface area (Å²) >= 11 is 6.06. The van der Waals surface area contributed by atoms with Crippen molar-refractivity contribution in [2.24, 2.45) is 12.8 Å². The standard InChI is InChI=1S/C14H17ClFN3/c1-3-14-11(8-19(2)18-14)13(17)7-9-6-10(16)4-5-12(9)15/h4-6,8,13H,3,7,17H2,1-2H3. The molecule has 0 saturated carbocycles. The molecule has 0 spiro atoms. The Morgan fingerprint density at radius 2 is 2.21 bits per heavy atom. The van der Waals surface area contributed by atoms with Gasteiger partial charge in [-0.25, -0.2) is 4.39 Å². The van der Waals surface area contributed by atoms with Crippen LogP contribution in [0.3, 0.4) is 0 Å². The molecule has 0 radical (unpaired) electrons. The van der Waals surface area contributed by atoms with Crippen molar-refractivity contribution in [2.45, 2.75) is 25.8 Å². The molecule has 1 aromatic carbocycles. The summed E-state index contributed by atoms with van der Waals surface area (Å²) in [5.74, 6) is -0.298. The van der Waals surface area contributed by atoms with Crippen LogP contribution in [-0.4, -0.2) is 9.78 Å². The minimum Gasteiger partial charge on any atom is -0.324 e. The summed E-state index contributed by atoms with van der Waals surface area (Å²) in [6.07, 6.45) is 3.23. The Balaban J connectivity index is 2.25. The normalized spacial score (nSPS) is 12.7. The zero-order chi connectivity index (χ0) is 14.0. The first kappa shape index (κ1) is 14.0. The Morgan fingerprint density at radius 1 is 1.47 bits per heavy atom. The average molecular weight is 282 g/mol. The molecule has 0 saturated heterocycles. The smallest absolute Gasteiger partial charge is 0.123 e. The fourth-order valence-corrected chi connectivity index (χ4v) is 2.38. The van der Waals surface area contributed by atoms with Gasteiger partial charge in [-0.15, -0.1) is 0 Å². The summed E-state index contributed by atoms with van der Waals surface area (Å²) in [5.41, 5.74) is 8.89. The Hall–Kier alpha value is -1.39. The number of rotatable bonds is 4. The van der Waals surface area contributed by atoms with Crippen molar-refractivity contribution in [3.05, 3.63) is 52.1 Å². The second-order valence-corrected chi connectivity index (χ2v) is 5.01. The van der Waals surface area contributed by atoms with E-state index >= 15 is 0 Å². The molecule has 1 heterocycles. The van der Waals surface area contributed by atoms with E-state index in [1.54, 1.807) is 10.7 Å². The summed E-state index contributed by atoms with van der Waals surface area (Å²) in [7, 11) is 1.87. The Labute approximate surface area is 117 Å². The predicted octanol–water partition coefficient (Wildman–Crippen LogP) is 3.02. The third-order valence-electron chi connectivity index (χ3n) is 3.12. The highest BCUT2D eigenvalue weighted by Gasteiger charge is 2.16. The zero-order valence-corrected chi connectivity index (χ0v) is 11.8. The lowest BCUT2D eigenvalue weighted by Crippen LogP contribution is -2.14. The van der Waals surface area contributed by atoms with E-state index < -0.39 is 0 Å². The summed E-state index contributed by atoms with van der Waals surface area (Å²) in [6.45, 7) is 2.04. The molecule has 0 aliphatic carbocycles. The minimum absolute atomic E-state index is 0.233. The molecule has 2 N–H and O–H groups in total. The van der Waals surface area contributed by atoms with E-state index in [9.17, 15) is 4.39 Å². The molecule has 1 aromatic heterocycles. The number of aromatic nitrogens is 2. The van der Waals surface area contributed by atoms with Gasteiger partial charge in [-0.3, -0.25) is 4.68 Å². The topological polar surface area (TPSA) is 43.8 Å². The summed E-state index contributed by atoms with van der Waals surface area (Å²) in [4.78, 5) is 0. The number of benzene rings is 1. The average Bonchev–Trinajstić information content (AvgIpc) is 2.75. The molecule has 0 bridgehead atoms. The quantitative estimate of drug-likeness (QED) is 0.936. The van der Waals surface area contributed by atoms with E-state index in [0.717, 1.165) is 23.2 Å². The van der Waals surface area contributed by atoms with Crippen LogP contribution in [0.2, 0.25) is 5.02 Å². The van der Waals surface area contributed by atoms with Gasteiger partial charge >= 0.3 is 0 Å². The minimum atomic E-state index is -0.298. The maximum absolute atomic E-state index is 13.2. The SMILES string of the molecule is CCc1nn(C)cc1C(N)Cc1cc(F)ccc1Cl. The lowest BCUT2D eigenvalue weighted by atomic mass is 9.99. The van der Waals surface area contributed by atoms with Crippen molar-refractivity contribution in [3.63, 3.8) is 0 Å². The van der Waals surface area contributed by atoms with Crippen molar-refractivity contribution in [2.75, 3.05) is 0 Å². The first-order chi connectivity index (χ1) is 9.01. The first-order valence-electron chi connectivity index (χ1n) is 6.23. The van der Waals surface area contributed by atoms with Crippen LogP contribution in [0.4, 0.5) is 4.39 Å². The van der Waals surface area contributed by atoms with Gasteiger partial charge in [0.15, 0.2) is 0 Å². The van der Waals surface area contributed by atoms with Crippen LogP contribution in [0, 0.1) is 5.82 Å². The van der Waals surface area contributed by atoms with Gasteiger partial charge in [-0.2, -0.15) is 5.10 Å². The van der Waals surface area contributed by atoms with Gasteiger partial charge in [0.05, 0.1) is 5.69 Å². The number of hydrogen-bond acceptors (Lipinski definition) is 2. The Kier molecular flexibility index (Phi) is 4.22. The van der Waals surface area contributed by atoms with Crippen molar-refractivity contribution in [1.82, 2.24) is 9.78 Å². The van der Waals surface area contributed by atoms with Crippen LogP contribution < -0.4 is 5.73 Å². The second kappa shape index (κ2) is 5.72. The summed E-state index contributed by atoms with van der Waals surface area (Å²) in [5, 5.41) is 4.90. The van der Waals surface area contributed by atoms with Gasteiger partial charge in [0.2, 0.25) is 0 Å². The van der Waals surface area contributed by atoms with E-state index in [1.807, 2.05) is 20.2 Å². The fraction of sp³-hybridized carbons (Fsp3) is 0.357. The molecule has 0 amide bonds. The number of hydrogen-bond donors (Lipinski definition) is 1. The Bertz CT molecular complexity index is 580. The zero-order valence-electron chi connectivity index (χ0n) is 11.0. The molecule has 0 fully saturated rings. The van der Waals surface area contributed by atoms with E-state index in [4.69, 9.17) is 17.3 Å². The maximum atomic E-state index is 13.2. The monoisotopic (exact) mass is 281 g/mol. The number of halogens is 2. The molecule has 3 nitrogen and oxygen atoms in total. The summed E-state index contributed by atoms with van der Waals surface area (Å²) in [6, 6.07) is 4.11. The Morgan fingerprint density at radius 3 is 2.89 bits per heavy atom. The van der Waals surface area contributed by atoms with Crippen LogP contribution in [0.15, 0.2) is 24.4 Å². The lowest BCUT2D eigenvalue weighted by molar-refractivity contribution is 0.621. The maximum Gasteiger partial charge on any atom is 0.123 e. The van der Waals surface area contributed by atoms with Gasteiger partial charge in [0.1, 0.15) is 5.82 Å². The molecular formula is C14H17ClFN3. The van der Waals surface area contributed by atoms with Crippen molar-refractivity contribution < 1.29 is 4.39 Å². The van der Waals surface area contributed by atoms with E-state index in [1.165, 1.54) is 12.1 Å². The molecule has 2 rings (SSSR count). The van der Waals surface area contributed by atoms with Crippen LogP contribution in [0.5, 0.6) is 0 Å². The van der Waals surface area contributed by atoms with Crippen LogP contribution in [0.1, 0.15) is 29.8 Å². The molecular weight excluding hydrogens is 265 g/mol. The van der Waals surface area contributed by atoms with Crippen molar-refractivity contribution >= 4 is 11.6 Å². The highest BCUT2D eigenvalue weighted by Crippen LogP contribution is 2.24. The van der Waals surface area contributed by atoms with Crippen molar-refractivity contribution in [3.8, 4) is 0 Å². The molecule has 19 heavy (non-hydrogen) atoms. The number of nitrogens with two attached hydrogens (primary N) is 1. The molecule has 0 aliphatic heterocycles. The van der Waals surface area contributed by atoms with E-state index in [0.29, 0.717) is 11.4 Å². The third-order valence-corrected chi connectivity index (χ3v) is 3.49. The van der Waals surface area contributed by atoms with E-state index in [-0.39, 0.29) is 11.9 Å². The number of nitrogens with zero attached hydrogens (tertiary/aromatic N) is 2. The van der Waals surface area contributed by atoms with Gasteiger partial charge < -0.3 is 5.73 Å². The molecule has 1 unspecified atom stereocenters. The second-order valence-electron chi connectivity index (χ2n) is 4.60. The molecule has 0 aliphatic rings. The van der Waals surface area contributed by atoms with Crippen LogP contribution >= 0.6 is 11.6 Å². The molecule has 102 valence electrons.